The van der Waals surface area contributed by atoms with Crippen LogP contribution in [0.2, 0.25) is 0 Å². The van der Waals surface area contributed by atoms with Crippen molar-refractivity contribution in [1.29, 1.82) is 0 Å². The fraction of sp³-hybridized carbons (Fsp3) is 0.129. The standard InChI is InChI=1S/C31H27NO3S/c1-23-13-16-28(17-14-23)36(33,34)32-20-19-26(30-22-27(35-2)15-18-31(30)32)21-29(24-9-5-3-6-10-24)25-11-7-4-8-12-25/h3-18,22H,19-20H2,1-2H3. The molecule has 0 spiro atoms. The number of anilines is 1. The number of aryl methyl sites for hydroxylation is 1. The summed E-state index contributed by atoms with van der Waals surface area (Å²) in [6.45, 7) is 2.27. The predicted octanol–water partition coefficient (Wildman–Crippen LogP) is 6.72. The Balaban J connectivity index is 1.72. The van der Waals surface area contributed by atoms with Crippen molar-refractivity contribution in [1.82, 2.24) is 0 Å². The molecule has 1 aliphatic rings. The molecule has 4 aromatic carbocycles. The zero-order chi connectivity index (χ0) is 25.1. The first kappa shape index (κ1) is 23.7. The molecule has 0 N–H and O–H groups in total. The Hall–Kier alpha value is -4.05. The zero-order valence-corrected chi connectivity index (χ0v) is 21.1. The number of nitrogens with zero attached hydrogens (tertiary/aromatic N) is 1. The van der Waals surface area contributed by atoms with Crippen molar-refractivity contribution in [3.63, 3.8) is 0 Å². The van der Waals surface area contributed by atoms with Crippen LogP contribution in [0.1, 0.15) is 28.7 Å². The molecule has 0 atom stereocenters. The smallest absolute Gasteiger partial charge is 0.264 e. The number of benzene rings is 4. The number of rotatable bonds is 5. The van der Waals surface area contributed by atoms with E-state index in [4.69, 9.17) is 4.74 Å². The summed E-state index contributed by atoms with van der Waals surface area (Å²) in [5.74, 6) is 0.670. The average molecular weight is 494 g/mol. The Kier molecular flexibility index (Phi) is 6.51. The molecule has 0 saturated carbocycles. The van der Waals surface area contributed by atoms with E-state index in [0.717, 1.165) is 33.4 Å². The van der Waals surface area contributed by atoms with Crippen LogP contribution in [0.5, 0.6) is 5.75 Å². The first-order valence-electron chi connectivity index (χ1n) is 11.9. The third-order valence-corrected chi connectivity index (χ3v) is 8.20. The number of fused-ring (bicyclic) bond motifs is 1. The van der Waals surface area contributed by atoms with Crippen LogP contribution in [-0.4, -0.2) is 22.1 Å². The van der Waals surface area contributed by atoms with Crippen LogP contribution in [0.4, 0.5) is 5.69 Å². The highest BCUT2D eigenvalue weighted by Crippen LogP contribution is 2.40. The van der Waals surface area contributed by atoms with Gasteiger partial charge in [-0.1, -0.05) is 78.4 Å². The molecule has 180 valence electrons. The summed E-state index contributed by atoms with van der Waals surface area (Å²) in [6.07, 6.45) is 0.522. The maximum absolute atomic E-state index is 13.6. The van der Waals surface area contributed by atoms with Gasteiger partial charge >= 0.3 is 0 Å². The van der Waals surface area contributed by atoms with Gasteiger partial charge in [0.2, 0.25) is 0 Å². The van der Waals surface area contributed by atoms with Gasteiger partial charge in [-0.3, -0.25) is 4.31 Å². The first-order chi connectivity index (χ1) is 17.5. The van der Waals surface area contributed by atoms with Gasteiger partial charge in [-0.2, -0.15) is 0 Å². The summed E-state index contributed by atoms with van der Waals surface area (Å²) in [4.78, 5) is 0.284. The van der Waals surface area contributed by atoms with Gasteiger partial charge in [-0.15, -0.1) is 5.73 Å². The molecule has 0 bridgehead atoms. The van der Waals surface area contributed by atoms with Gasteiger partial charge in [-0.25, -0.2) is 8.42 Å². The molecule has 0 fully saturated rings. The minimum atomic E-state index is -3.72. The Labute approximate surface area is 212 Å². The van der Waals surface area contributed by atoms with Crippen molar-refractivity contribution in [2.24, 2.45) is 0 Å². The monoisotopic (exact) mass is 493 g/mol. The Bertz CT molecular complexity index is 1510. The van der Waals surface area contributed by atoms with Crippen LogP contribution in [0.25, 0.3) is 11.1 Å². The molecule has 0 aliphatic carbocycles. The third-order valence-electron chi connectivity index (χ3n) is 6.37. The van der Waals surface area contributed by atoms with Crippen molar-refractivity contribution in [2.45, 2.75) is 18.2 Å². The average Bonchev–Trinajstić information content (AvgIpc) is 2.92. The van der Waals surface area contributed by atoms with Crippen molar-refractivity contribution in [2.75, 3.05) is 18.0 Å². The molecular weight excluding hydrogens is 466 g/mol. The fourth-order valence-electron chi connectivity index (χ4n) is 4.46. The van der Waals surface area contributed by atoms with E-state index in [1.165, 1.54) is 4.31 Å². The molecule has 4 nitrogen and oxygen atoms in total. The molecule has 1 heterocycles. The normalized spacial score (nSPS) is 13.1. The summed E-state index contributed by atoms with van der Waals surface area (Å²) in [5, 5.41) is 0. The Morgan fingerprint density at radius 2 is 1.44 bits per heavy atom. The lowest BCUT2D eigenvalue weighted by Gasteiger charge is -2.31. The highest BCUT2D eigenvalue weighted by molar-refractivity contribution is 7.92. The topological polar surface area (TPSA) is 46.6 Å². The molecule has 0 saturated heterocycles. The summed E-state index contributed by atoms with van der Waals surface area (Å²) < 4.78 is 34.3. The van der Waals surface area contributed by atoms with Crippen molar-refractivity contribution in [3.8, 4) is 5.75 Å². The van der Waals surface area contributed by atoms with E-state index in [2.05, 4.69) is 30.0 Å². The van der Waals surface area contributed by atoms with E-state index < -0.39 is 10.0 Å². The van der Waals surface area contributed by atoms with Crippen molar-refractivity contribution < 1.29 is 13.2 Å². The number of hydrogen-bond acceptors (Lipinski definition) is 3. The number of ether oxygens (including phenoxy) is 1. The van der Waals surface area contributed by atoms with Gasteiger partial charge in [0.05, 0.1) is 17.7 Å². The Morgan fingerprint density at radius 1 is 0.833 bits per heavy atom. The molecule has 5 rings (SSSR count). The minimum absolute atomic E-state index is 0.284. The zero-order valence-electron chi connectivity index (χ0n) is 20.3. The van der Waals surface area contributed by atoms with E-state index in [0.29, 0.717) is 24.4 Å². The molecule has 0 aromatic heterocycles. The Morgan fingerprint density at radius 3 is 2.03 bits per heavy atom. The van der Waals surface area contributed by atoms with E-state index in [1.54, 1.807) is 25.3 Å². The summed E-state index contributed by atoms with van der Waals surface area (Å²) >= 11 is 0. The van der Waals surface area contributed by atoms with Gasteiger partial charge in [-0.05, 0) is 54.8 Å². The van der Waals surface area contributed by atoms with Crippen molar-refractivity contribution >= 4 is 26.9 Å². The molecule has 0 unspecified atom stereocenters. The molecule has 1 aliphatic heterocycles. The molecule has 0 amide bonds. The molecule has 5 heteroatoms. The number of sulfonamides is 1. The second-order valence-corrected chi connectivity index (χ2v) is 10.6. The highest BCUT2D eigenvalue weighted by Gasteiger charge is 2.31. The van der Waals surface area contributed by atoms with Crippen molar-refractivity contribution in [3.05, 3.63) is 131 Å². The minimum Gasteiger partial charge on any atom is -0.497 e. The first-order valence-corrected chi connectivity index (χ1v) is 13.3. The van der Waals surface area contributed by atoms with Gasteiger partial charge in [0, 0.05) is 23.3 Å². The molecular formula is C31H27NO3S. The summed E-state index contributed by atoms with van der Waals surface area (Å²) in [5.41, 5.74) is 10.1. The van der Waals surface area contributed by atoms with Crippen LogP contribution < -0.4 is 9.04 Å². The highest BCUT2D eigenvalue weighted by atomic mass is 32.2. The fourth-order valence-corrected chi connectivity index (χ4v) is 5.94. The van der Waals surface area contributed by atoms with E-state index >= 15 is 0 Å². The lowest BCUT2D eigenvalue weighted by molar-refractivity contribution is 0.414. The van der Waals surface area contributed by atoms with Crippen LogP contribution in [0.3, 0.4) is 0 Å². The molecule has 36 heavy (non-hydrogen) atoms. The van der Waals surface area contributed by atoms with E-state index in [9.17, 15) is 8.42 Å². The predicted molar refractivity (Wildman–Crippen MR) is 146 cm³/mol. The van der Waals surface area contributed by atoms with Crippen LogP contribution in [0, 0.1) is 6.92 Å². The lowest BCUT2D eigenvalue weighted by atomic mass is 9.93. The lowest BCUT2D eigenvalue weighted by Crippen LogP contribution is -2.35. The summed E-state index contributed by atoms with van der Waals surface area (Å²) in [6, 6.07) is 32.8. The van der Waals surface area contributed by atoms with Gasteiger partial charge in [0.1, 0.15) is 5.75 Å². The van der Waals surface area contributed by atoms with Gasteiger partial charge < -0.3 is 4.74 Å². The van der Waals surface area contributed by atoms with Crippen LogP contribution in [0.15, 0.2) is 114 Å². The summed E-state index contributed by atoms with van der Waals surface area (Å²) in [7, 11) is -2.11. The SMILES string of the molecule is COc1ccc2c(c1)C(=C=C(c1ccccc1)c1ccccc1)CCN2S(=O)(=O)c1ccc(C)cc1. The second kappa shape index (κ2) is 9.90. The molecule has 0 radical (unpaired) electrons. The maximum atomic E-state index is 13.6. The molecule has 4 aromatic rings. The van der Waals surface area contributed by atoms with E-state index in [-0.39, 0.29) is 4.90 Å². The largest absolute Gasteiger partial charge is 0.497 e. The van der Waals surface area contributed by atoms with Gasteiger partial charge in [0.25, 0.3) is 10.0 Å². The number of methoxy groups -OCH3 is 1. The maximum Gasteiger partial charge on any atom is 0.264 e. The second-order valence-electron chi connectivity index (χ2n) is 8.73. The third kappa shape index (κ3) is 4.59. The van der Waals surface area contributed by atoms with Crippen LogP contribution >= 0.6 is 0 Å². The number of hydrogen-bond donors (Lipinski definition) is 0. The van der Waals surface area contributed by atoms with Gasteiger partial charge in [0.15, 0.2) is 0 Å². The van der Waals surface area contributed by atoms with E-state index in [1.807, 2.05) is 67.6 Å². The van der Waals surface area contributed by atoms with Crippen LogP contribution in [-0.2, 0) is 10.0 Å². The quantitative estimate of drug-likeness (QED) is 0.290.